The maximum Gasteiger partial charge on any atom is 0.203 e. The van der Waals surface area contributed by atoms with Crippen LogP contribution in [0.5, 0.6) is 17.2 Å². The van der Waals surface area contributed by atoms with E-state index in [0.717, 1.165) is 24.2 Å². The molecule has 1 unspecified atom stereocenters. The van der Waals surface area contributed by atoms with E-state index in [4.69, 9.17) is 30.0 Å². The molecule has 9 heteroatoms. The van der Waals surface area contributed by atoms with E-state index in [9.17, 15) is 0 Å². The van der Waals surface area contributed by atoms with Gasteiger partial charge in [-0.3, -0.25) is 0 Å². The summed E-state index contributed by atoms with van der Waals surface area (Å²) in [7, 11) is 4.76. The van der Waals surface area contributed by atoms with Gasteiger partial charge in [0.15, 0.2) is 28.5 Å². The minimum absolute atomic E-state index is 0.183. The summed E-state index contributed by atoms with van der Waals surface area (Å²) in [5.74, 6) is 3.24. The number of aromatic nitrogens is 4. The Bertz CT molecular complexity index is 979. The summed E-state index contributed by atoms with van der Waals surface area (Å²) in [4.78, 5) is 13.2. The summed E-state index contributed by atoms with van der Waals surface area (Å²) in [6, 6.07) is 3.82. The molecule has 30 heavy (non-hydrogen) atoms. The van der Waals surface area contributed by atoms with Crippen LogP contribution in [0.15, 0.2) is 18.5 Å². The normalized spacial score (nSPS) is 12.2. The van der Waals surface area contributed by atoms with Crippen LogP contribution in [-0.4, -0.2) is 52.6 Å². The van der Waals surface area contributed by atoms with Crippen molar-refractivity contribution in [2.75, 3.05) is 33.7 Å². The van der Waals surface area contributed by atoms with Gasteiger partial charge in [-0.25, -0.2) is 15.0 Å². The zero-order chi connectivity index (χ0) is 21.7. The third-order valence-corrected chi connectivity index (χ3v) is 5.08. The summed E-state index contributed by atoms with van der Waals surface area (Å²) < 4.78 is 18.4. The molecule has 9 nitrogen and oxygen atoms in total. The first-order valence-electron chi connectivity index (χ1n) is 9.87. The molecule has 0 fully saturated rings. The van der Waals surface area contributed by atoms with Crippen LogP contribution in [-0.2, 0) is 13.0 Å². The number of aliphatic hydroxyl groups is 1. The molecule has 3 N–H and O–H groups in total. The third kappa shape index (κ3) is 4.40. The van der Waals surface area contributed by atoms with E-state index in [1.54, 1.807) is 21.3 Å². The molecule has 2 heterocycles. The number of anilines is 1. The monoisotopic (exact) mass is 415 g/mol. The van der Waals surface area contributed by atoms with E-state index in [2.05, 4.69) is 21.5 Å². The van der Waals surface area contributed by atoms with Gasteiger partial charge < -0.3 is 29.6 Å². The molecule has 3 aromatic rings. The number of benzene rings is 1. The molecule has 0 aliphatic heterocycles. The lowest BCUT2D eigenvalue weighted by Gasteiger charge is -2.16. The second-order valence-electron chi connectivity index (χ2n) is 7.25. The third-order valence-electron chi connectivity index (χ3n) is 5.08. The van der Waals surface area contributed by atoms with Gasteiger partial charge in [0.1, 0.15) is 12.2 Å². The Morgan fingerprint density at radius 2 is 1.80 bits per heavy atom. The number of hydrogen-bond donors (Lipinski definition) is 2. The van der Waals surface area contributed by atoms with Crippen molar-refractivity contribution in [3.8, 4) is 17.2 Å². The lowest BCUT2D eigenvalue weighted by Crippen LogP contribution is -2.12. The summed E-state index contributed by atoms with van der Waals surface area (Å²) in [5.41, 5.74) is 8.31. The molecular weight excluding hydrogens is 386 g/mol. The average Bonchev–Trinajstić information content (AvgIpc) is 3.09. The van der Waals surface area contributed by atoms with Crippen molar-refractivity contribution >= 4 is 17.0 Å². The zero-order valence-electron chi connectivity index (χ0n) is 17.9. The Balaban J connectivity index is 2.03. The topological polar surface area (TPSA) is 118 Å². The van der Waals surface area contributed by atoms with Gasteiger partial charge in [0.2, 0.25) is 5.75 Å². The van der Waals surface area contributed by atoms with Crippen LogP contribution in [0.2, 0.25) is 0 Å². The van der Waals surface area contributed by atoms with Crippen molar-refractivity contribution in [3.05, 3.63) is 29.8 Å². The fourth-order valence-electron chi connectivity index (χ4n) is 3.59. The SMILES string of the molecule is COc1cc(Cc2nc3c(N)ncnc3n2CC(C)CCCO)cc(OC)c1OC. The molecule has 1 aromatic carbocycles. The predicted molar refractivity (Wildman–Crippen MR) is 114 cm³/mol. The van der Waals surface area contributed by atoms with E-state index >= 15 is 0 Å². The Labute approximate surface area is 175 Å². The number of nitrogens with two attached hydrogens (primary N) is 1. The largest absolute Gasteiger partial charge is 0.493 e. The number of nitrogen functional groups attached to an aromatic ring is 1. The highest BCUT2D eigenvalue weighted by Crippen LogP contribution is 2.38. The summed E-state index contributed by atoms with van der Waals surface area (Å²) in [5, 5.41) is 9.15. The van der Waals surface area contributed by atoms with Crippen LogP contribution >= 0.6 is 0 Å². The second-order valence-corrected chi connectivity index (χ2v) is 7.25. The molecule has 0 aliphatic rings. The lowest BCUT2D eigenvalue weighted by atomic mass is 10.1. The number of methoxy groups -OCH3 is 3. The lowest BCUT2D eigenvalue weighted by molar-refractivity contribution is 0.269. The van der Waals surface area contributed by atoms with Crippen LogP contribution in [0.3, 0.4) is 0 Å². The van der Waals surface area contributed by atoms with E-state index in [1.807, 2.05) is 12.1 Å². The quantitative estimate of drug-likeness (QED) is 0.518. The maximum atomic E-state index is 9.15. The molecule has 3 rings (SSSR count). The van der Waals surface area contributed by atoms with Crippen molar-refractivity contribution in [2.24, 2.45) is 5.92 Å². The Hall–Kier alpha value is -3.07. The number of hydrogen-bond acceptors (Lipinski definition) is 8. The maximum absolute atomic E-state index is 9.15. The fourth-order valence-corrected chi connectivity index (χ4v) is 3.59. The Morgan fingerprint density at radius 1 is 1.10 bits per heavy atom. The van der Waals surface area contributed by atoms with Gasteiger partial charge in [0.25, 0.3) is 0 Å². The van der Waals surface area contributed by atoms with Gasteiger partial charge in [0, 0.05) is 19.6 Å². The first-order chi connectivity index (χ1) is 14.5. The summed E-state index contributed by atoms with van der Waals surface area (Å²) >= 11 is 0. The van der Waals surface area contributed by atoms with E-state index in [1.165, 1.54) is 6.33 Å². The molecule has 1 atom stereocenters. The highest BCUT2D eigenvalue weighted by Gasteiger charge is 2.19. The van der Waals surface area contributed by atoms with Crippen LogP contribution in [0.25, 0.3) is 11.2 Å². The Kier molecular flexibility index (Phi) is 6.94. The van der Waals surface area contributed by atoms with Gasteiger partial charge in [-0.2, -0.15) is 0 Å². The standard InChI is InChI=1S/C21H29N5O4/c1-13(6-5-7-27)11-26-17(25-18-20(22)23-12-24-21(18)26)10-14-8-15(28-2)19(30-4)16(9-14)29-3/h8-9,12-13,27H,5-7,10-11H2,1-4H3,(H2,22,23,24). The van der Waals surface area contributed by atoms with Gasteiger partial charge in [0.05, 0.1) is 21.3 Å². The van der Waals surface area contributed by atoms with Gasteiger partial charge >= 0.3 is 0 Å². The van der Waals surface area contributed by atoms with Gasteiger partial charge in [-0.1, -0.05) is 6.92 Å². The minimum Gasteiger partial charge on any atom is -0.493 e. The molecule has 2 aromatic heterocycles. The number of aliphatic hydroxyl groups excluding tert-OH is 1. The summed E-state index contributed by atoms with van der Waals surface area (Å²) in [6.45, 7) is 3.05. The van der Waals surface area contributed by atoms with Crippen LogP contribution in [0, 0.1) is 5.92 Å². The van der Waals surface area contributed by atoms with Crippen molar-refractivity contribution in [3.63, 3.8) is 0 Å². The minimum atomic E-state index is 0.183. The van der Waals surface area contributed by atoms with Crippen LogP contribution in [0.4, 0.5) is 5.82 Å². The zero-order valence-corrected chi connectivity index (χ0v) is 17.9. The highest BCUT2D eigenvalue weighted by atomic mass is 16.5. The number of ether oxygens (including phenoxy) is 3. The van der Waals surface area contributed by atoms with Gasteiger partial charge in [-0.15, -0.1) is 0 Å². The molecule has 0 aliphatic carbocycles. The number of rotatable bonds is 10. The van der Waals surface area contributed by atoms with Crippen molar-refractivity contribution in [1.29, 1.82) is 0 Å². The van der Waals surface area contributed by atoms with Crippen molar-refractivity contribution in [2.45, 2.75) is 32.7 Å². The predicted octanol–water partition coefficient (Wildman–Crippen LogP) is 2.43. The van der Waals surface area contributed by atoms with Crippen LogP contribution in [0.1, 0.15) is 31.2 Å². The highest BCUT2D eigenvalue weighted by molar-refractivity contribution is 5.81. The van der Waals surface area contributed by atoms with E-state index in [0.29, 0.717) is 53.1 Å². The summed E-state index contributed by atoms with van der Waals surface area (Å²) in [6.07, 6.45) is 3.64. The van der Waals surface area contributed by atoms with Crippen molar-refractivity contribution < 1.29 is 19.3 Å². The average molecular weight is 415 g/mol. The fraction of sp³-hybridized carbons (Fsp3) is 0.476. The molecule has 0 saturated carbocycles. The molecular formula is C21H29N5O4. The molecule has 0 radical (unpaired) electrons. The van der Waals surface area contributed by atoms with E-state index < -0.39 is 0 Å². The second kappa shape index (κ2) is 9.62. The number of fused-ring (bicyclic) bond motifs is 1. The number of nitrogens with zero attached hydrogens (tertiary/aromatic N) is 4. The van der Waals surface area contributed by atoms with E-state index in [-0.39, 0.29) is 6.61 Å². The molecule has 0 bridgehead atoms. The smallest absolute Gasteiger partial charge is 0.203 e. The molecule has 0 spiro atoms. The first-order valence-corrected chi connectivity index (χ1v) is 9.87. The molecule has 0 saturated heterocycles. The molecule has 0 amide bonds. The first kappa shape index (κ1) is 21.6. The van der Waals surface area contributed by atoms with Gasteiger partial charge in [-0.05, 0) is 36.5 Å². The van der Waals surface area contributed by atoms with Crippen molar-refractivity contribution in [1.82, 2.24) is 19.5 Å². The number of imidazole rings is 1. The van der Waals surface area contributed by atoms with Crippen LogP contribution < -0.4 is 19.9 Å². The molecule has 162 valence electrons. The Morgan fingerprint density at radius 3 is 2.40 bits per heavy atom.